The molecule has 0 amide bonds. The normalized spacial score (nSPS) is 14.7. The zero-order valence-electron chi connectivity index (χ0n) is 12.2. The second kappa shape index (κ2) is 6.43. The van der Waals surface area contributed by atoms with E-state index in [4.69, 9.17) is 5.73 Å². The topological polar surface area (TPSA) is 82.5 Å². The molecule has 0 aromatic carbocycles. The van der Waals surface area contributed by atoms with Gasteiger partial charge >= 0.3 is 0 Å². The number of nitrogens with zero attached hydrogens (tertiary/aromatic N) is 5. The third-order valence-electron chi connectivity index (χ3n) is 3.70. The fraction of sp³-hybridized carbons (Fsp3) is 0.571. The van der Waals surface area contributed by atoms with Crippen LogP contribution in [-0.2, 0) is 19.4 Å². The summed E-state index contributed by atoms with van der Waals surface area (Å²) in [5, 5.41) is 10.5. The first-order chi connectivity index (χ1) is 10.3. The van der Waals surface area contributed by atoms with Gasteiger partial charge in [-0.05, 0) is 31.0 Å². The molecule has 2 aromatic rings. The number of nitrogens with two attached hydrogens (primary N) is 1. The summed E-state index contributed by atoms with van der Waals surface area (Å²) in [5.74, 6) is 1.67. The van der Waals surface area contributed by atoms with Crippen molar-refractivity contribution in [1.82, 2.24) is 24.7 Å². The van der Waals surface area contributed by atoms with Crippen molar-refractivity contribution in [2.75, 3.05) is 5.73 Å². The van der Waals surface area contributed by atoms with Crippen LogP contribution >= 0.6 is 11.8 Å². The van der Waals surface area contributed by atoms with Gasteiger partial charge in [0, 0.05) is 18.5 Å². The fourth-order valence-electron chi connectivity index (χ4n) is 2.60. The number of hydrogen-bond acceptors (Lipinski definition) is 6. The van der Waals surface area contributed by atoms with Crippen LogP contribution in [0.25, 0.3) is 0 Å². The maximum absolute atomic E-state index is 5.99. The van der Waals surface area contributed by atoms with Crippen molar-refractivity contribution in [2.24, 2.45) is 0 Å². The smallest absolute Gasteiger partial charge is 0.197 e. The summed E-state index contributed by atoms with van der Waals surface area (Å²) in [6, 6.07) is 0. The van der Waals surface area contributed by atoms with Gasteiger partial charge in [-0.15, -0.1) is 10.2 Å². The second-order valence-electron chi connectivity index (χ2n) is 5.26. The van der Waals surface area contributed by atoms with Crippen LogP contribution in [0.5, 0.6) is 0 Å². The Morgan fingerprint density at radius 1 is 1.24 bits per heavy atom. The number of fused-ring (bicyclic) bond motifs is 1. The third kappa shape index (κ3) is 3.02. The van der Waals surface area contributed by atoms with E-state index in [1.807, 2.05) is 0 Å². The van der Waals surface area contributed by atoms with Crippen LogP contribution < -0.4 is 5.73 Å². The molecule has 3 rings (SSSR count). The first-order valence-corrected chi connectivity index (χ1v) is 8.30. The molecule has 1 aliphatic rings. The van der Waals surface area contributed by atoms with Gasteiger partial charge in [0.2, 0.25) is 0 Å². The lowest BCUT2D eigenvalue weighted by Gasteiger charge is -2.10. The van der Waals surface area contributed by atoms with Crippen LogP contribution in [0.3, 0.4) is 0 Å². The number of anilines is 1. The van der Waals surface area contributed by atoms with Crippen molar-refractivity contribution < 1.29 is 0 Å². The third-order valence-corrected chi connectivity index (χ3v) is 4.73. The van der Waals surface area contributed by atoms with E-state index in [1.165, 1.54) is 25.6 Å². The Balaban J connectivity index is 1.91. The zero-order valence-corrected chi connectivity index (χ0v) is 13.1. The summed E-state index contributed by atoms with van der Waals surface area (Å²) in [7, 11) is 0. The minimum absolute atomic E-state index is 0.574. The van der Waals surface area contributed by atoms with Crippen molar-refractivity contribution in [3.05, 3.63) is 17.7 Å². The van der Waals surface area contributed by atoms with Crippen molar-refractivity contribution in [2.45, 2.75) is 62.2 Å². The van der Waals surface area contributed by atoms with Crippen molar-refractivity contribution in [3.8, 4) is 0 Å². The average Bonchev–Trinajstić information content (AvgIpc) is 2.71. The molecule has 0 saturated heterocycles. The summed E-state index contributed by atoms with van der Waals surface area (Å²) in [5.41, 5.74) is 7.02. The van der Waals surface area contributed by atoms with Gasteiger partial charge in [-0.3, -0.25) is 0 Å². The van der Waals surface area contributed by atoms with Crippen LogP contribution in [0.4, 0.5) is 5.82 Å². The molecule has 0 aliphatic carbocycles. The first-order valence-electron chi connectivity index (χ1n) is 7.49. The molecule has 0 bridgehead atoms. The summed E-state index contributed by atoms with van der Waals surface area (Å²) in [6.45, 7) is 3.12. The van der Waals surface area contributed by atoms with Crippen LogP contribution in [-0.4, -0.2) is 24.7 Å². The molecule has 3 heterocycles. The Kier molecular flexibility index (Phi) is 4.38. The van der Waals surface area contributed by atoms with Crippen LogP contribution in [0.15, 0.2) is 16.5 Å². The van der Waals surface area contributed by atoms with Crippen molar-refractivity contribution in [1.29, 1.82) is 0 Å². The molecule has 0 atom stereocenters. The van der Waals surface area contributed by atoms with Gasteiger partial charge in [0.15, 0.2) is 5.16 Å². The number of rotatable bonds is 4. The summed E-state index contributed by atoms with van der Waals surface area (Å²) in [6.07, 6.45) is 8.09. The SMILES string of the molecule is CCCc1c(N)ncnc1Sc1nnc2n1CCCCC2. The van der Waals surface area contributed by atoms with Gasteiger partial charge < -0.3 is 10.3 Å². The molecular weight excluding hydrogens is 284 g/mol. The Bertz CT molecular complexity index is 624. The van der Waals surface area contributed by atoms with Crippen LogP contribution in [0.1, 0.15) is 44.0 Å². The summed E-state index contributed by atoms with van der Waals surface area (Å²) in [4.78, 5) is 8.50. The Hall–Kier alpha value is -1.63. The molecule has 2 aromatic heterocycles. The highest BCUT2D eigenvalue weighted by atomic mass is 32.2. The maximum atomic E-state index is 5.99. The van der Waals surface area contributed by atoms with E-state index < -0.39 is 0 Å². The van der Waals surface area contributed by atoms with Gasteiger partial charge in [0.05, 0.1) is 0 Å². The molecule has 7 heteroatoms. The first kappa shape index (κ1) is 14.3. The number of nitrogen functional groups attached to an aromatic ring is 1. The molecule has 6 nitrogen and oxygen atoms in total. The molecular formula is C14H20N6S. The van der Waals surface area contributed by atoms with Crippen LogP contribution in [0.2, 0.25) is 0 Å². The quantitative estimate of drug-likeness (QED) is 0.874. The van der Waals surface area contributed by atoms with E-state index in [1.54, 1.807) is 11.8 Å². The Morgan fingerprint density at radius 3 is 3.00 bits per heavy atom. The summed E-state index contributed by atoms with van der Waals surface area (Å²) < 4.78 is 2.23. The highest BCUT2D eigenvalue weighted by Crippen LogP contribution is 2.31. The van der Waals surface area contributed by atoms with E-state index in [0.717, 1.165) is 47.4 Å². The molecule has 0 saturated carbocycles. The second-order valence-corrected chi connectivity index (χ2v) is 6.21. The van der Waals surface area contributed by atoms with Crippen LogP contribution in [0, 0.1) is 0 Å². The van der Waals surface area contributed by atoms with Gasteiger partial charge in [-0.1, -0.05) is 19.8 Å². The van der Waals surface area contributed by atoms with E-state index in [2.05, 4.69) is 31.7 Å². The van der Waals surface area contributed by atoms with Crippen molar-refractivity contribution >= 4 is 17.6 Å². The highest BCUT2D eigenvalue weighted by molar-refractivity contribution is 7.99. The Labute approximate surface area is 128 Å². The summed E-state index contributed by atoms with van der Waals surface area (Å²) >= 11 is 1.56. The lowest BCUT2D eigenvalue weighted by molar-refractivity contribution is 0.590. The van der Waals surface area contributed by atoms with E-state index in [9.17, 15) is 0 Å². The van der Waals surface area contributed by atoms with Gasteiger partial charge in [-0.2, -0.15) is 0 Å². The predicted molar refractivity (Wildman–Crippen MR) is 82.1 cm³/mol. The molecule has 0 radical (unpaired) electrons. The van der Waals surface area contributed by atoms with E-state index in [0.29, 0.717) is 5.82 Å². The molecule has 0 fully saturated rings. The van der Waals surface area contributed by atoms with E-state index >= 15 is 0 Å². The molecule has 112 valence electrons. The molecule has 21 heavy (non-hydrogen) atoms. The molecule has 0 spiro atoms. The minimum Gasteiger partial charge on any atom is -0.383 e. The monoisotopic (exact) mass is 304 g/mol. The number of aromatic nitrogens is 5. The zero-order chi connectivity index (χ0) is 14.7. The molecule has 2 N–H and O–H groups in total. The molecule has 0 unspecified atom stereocenters. The lowest BCUT2D eigenvalue weighted by atomic mass is 10.2. The lowest BCUT2D eigenvalue weighted by Crippen LogP contribution is -2.04. The minimum atomic E-state index is 0.574. The largest absolute Gasteiger partial charge is 0.383 e. The molecule has 1 aliphatic heterocycles. The average molecular weight is 304 g/mol. The number of aryl methyl sites for hydroxylation is 1. The van der Waals surface area contributed by atoms with Gasteiger partial charge in [-0.25, -0.2) is 9.97 Å². The fourth-order valence-corrected chi connectivity index (χ4v) is 3.59. The standard InChI is InChI=1S/C14H20N6S/c1-2-6-10-12(15)16-9-17-13(10)21-14-19-18-11-7-4-3-5-8-20(11)14/h9H,2-8H2,1H3,(H2,15,16,17). The maximum Gasteiger partial charge on any atom is 0.197 e. The predicted octanol–water partition coefficient (Wildman–Crippen LogP) is 2.48. The highest BCUT2D eigenvalue weighted by Gasteiger charge is 2.18. The van der Waals surface area contributed by atoms with Crippen molar-refractivity contribution in [3.63, 3.8) is 0 Å². The van der Waals surface area contributed by atoms with Gasteiger partial charge in [0.25, 0.3) is 0 Å². The van der Waals surface area contributed by atoms with Gasteiger partial charge in [0.1, 0.15) is 23.0 Å². The Morgan fingerprint density at radius 2 is 2.14 bits per heavy atom. The number of hydrogen-bond donors (Lipinski definition) is 1. The van der Waals surface area contributed by atoms with E-state index in [-0.39, 0.29) is 0 Å².